The average molecular weight is 301 g/mol. The number of nitrogens with zero attached hydrogens (tertiary/aromatic N) is 1. The molecule has 0 unspecified atom stereocenters. The van der Waals surface area contributed by atoms with E-state index in [1.807, 2.05) is 0 Å². The number of halogens is 1. The molecule has 5 nitrogen and oxygen atoms in total. The minimum absolute atomic E-state index is 0.0625. The maximum Gasteiger partial charge on any atom is 0.284 e. The van der Waals surface area contributed by atoms with Crippen LogP contribution in [0.5, 0.6) is 0 Å². The Morgan fingerprint density at radius 2 is 2.26 bits per heavy atom. The summed E-state index contributed by atoms with van der Waals surface area (Å²) in [6.07, 6.45) is 2.35. The van der Waals surface area contributed by atoms with Gasteiger partial charge in [-0.15, -0.1) is 11.8 Å². The third kappa shape index (κ3) is 4.40. The van der Waals surface area contributed by atoms with Crippen molar-refractivity contribution in [3.05, 3.63) is 33.3 Å². The van der Waals surface area contributed by atoms with E-state index in [2.05, 4.69) is 5.32 Å². The van der Waals surface area contributed by atoms with Crippen LogP contribution in [0.2, 0.25) is 5.02 Å². The molecule has 0 spiro atoms. The van der Waals surface area contributed by atoms with Crippen molar-refractivity contribution in [3.63, 3.8) is 0 Å². The lowest BCUT2D eigenvalue weighted by atomic mass is 10.3. The molecule has 102 valence electrons. The molecule has 1 fully saturated rings. The summed E-state index contributed by atoms with van der Waals surface area (Å²) in [5, 5.41) is 14.0. The number of amides is 1. The van der Waals surface area contributed by atoms with Gasteiger partial charge in [0.25, 0.3) is 5.69 Å². The number of hydrogen-bond donors (Lipinski definition) is 1. The SMILES string of the molecule is O=C(CSc1ccc(Cl)cc1[N+](=O)[O-])NCC1CC1. The second-order valence-electron chi connectivity index (χ2n) is 4.41. The summed E-state index contributed by atoms with van der Waals surface area (Å²) in [5.74, 6) is 0.704. The molecule has 1 aromatic carbocycles. The Balaban J connectivity index is 1.90. The van der Waals surface area contributed by atoms with Gasteiger partial charge >= 0.3 is 0 Å². The summed E-state index contributed by atoms with van der Waals surface area (Å²) in [4.78, 5) is 22.4. The number of nitro benzene ring substituents is 1. The highest BCUT2D eigenvalue weighted by atomic mass is 35.5. The van der Waals surface area contributed by atoms with Crippen LogP contribution in [-0.4, -0.2) is 23.1 Å². The molecular formula is C12H13ClN2O3S. The van der Waals surface area contributed by atoms with Crippen molar-refractivity contribution in [2.75, 3.05) is 12.3 Å². The van der Waals surface area contributed by atoms with E-state index in [1.54, 1.807) is 12.1 Å². The van der Waals surface area contributed by atoms with Gasteiger partial charge in [0.05, 0.1) is 15.6 Å². The van der Waals surface area contributed by atoms with Gasteiger partial charge in [-0.2, -0.15) is 0 Å². The number of benzene rings is 1. The van der Waals surface area contributed by atoms with Crippen molar-refractivity contribution in [3.8, 4) is 0 Å². The quantitative estimate of drug-likeness (QED) is 0.498. The molecule has 0 bridgehead atoms. The Hall–Kier alpha value is -1.27. The van der Waals surface area contributed by atoms with Crippen LogP contribution >= 0.6 is 23.4 Å². The molecule has 1 aliphatic rings. The van der Waals surface area contributed by atoms with Gasteiger partial charge in [-0.25, -0.2) is 0 Å². The Morgan fingerprint density at radius 1 is 1.53 bits per heavy atom. The number of carbonyl (C=O) groups excluding carboxylic acids is 1. The van der Waals surface area contributed by atoms with Crippen molar-refractivity contribution >= 4 is 35.0 Å². The maximum absolute atomic E-state index is 11.6. The Morgan fingerprint density at radius 3 is 2.89 bits per heavy atom. The molecule has 0 radical (unpaired) electrons. The Bertz CT molecular complexity index is 506. The number of rotatable bonds is 6. The third-order valence-electron chi connectivity index (χ3n) is 2.76. The van der Waals surface area contributed by atoms with E-state index < -0.39 is 4.92 Å². The first-order valence-corrected chi connectivity index (χ1v) is 7.26. The molecule has 0 heterocycles. The van der Waals surface area contributed by atoms with Crippen LogP contribution in [0.25, 0.3) is 0 Å². The van der Waals surface area contributed by atoms with Gasteiger partial charge in [0.2, 0.25) is 5.91 Å². The summed E-state index contributed by atoms with van der Waals surface area (Å²) in [6, 6.07) is 4.45. The fourth-order valence-electron chi connectivity index (χ4n) is 1.53. The van der Waals surface area contributed by atoms with Crippen LogP contribution in [0.4, 0.5) is 5.69 Å². The third-order valence-corrected chi connectivity index (χ3v) is 4.06. The monoisotopic (exact) mass is 300 g/mol. The Labute approximate surface area is 119 Å². The molecule has 1 N–H and O–H groups in total. The first-order chi connectivity index (χ1) is 9.06. The van der Waals surface area contributed by atoms with Crippen molar-refractivity contribution in [1.82, 2.24) is 5.32 Å². The van der Waals surface area contributed by atoms with Crippen molar-refractivity contribution in [2.24, 2.45) is 5.92 Å². The van der Waals surface area contributed by atoms with Crippen LogP contribution in [0.15, 0.2) is 23.1 Å². The minimum atomic E-state index is -0.490. The molecule has 7 heteroatoms. The van der Waals surface area contributed by atoms with Gasteiger partial charge in [0, 0.05) is 17.6 Å². The number of nitrogens with one attached hydrogen (secondary N) is 1. The van der Waals surface area contributed by atoms with Crippen LogP contribution in [0, 0.1) is 16.0 Å². The van der Waals surface area contributed by atoms with Gasteiger partial charge in [0.1, 0.15) is 0 Å². The van der Waals surface area contributed by atoms with Crippen molar-refractivity contribution < 1.29 is 9.72 Å². The van der Waals surface area contributed by atoms with Gasteiger partial charge in [0.15, 0.2) is 0 Å². The fourth-order valence-corrected chi connectivity index (χ4v) is 2.53. The molecule has 1 aromatic rings. The zero-order valence-electron chi connectivity index (χ0n) is 10.1. The number of thioether (sulfide) groups is 1. The lowest BCUT2D eigenvalue weighted by molar-refractivity contribution is -0.387. The lowest BCUT2D eigenvalue weighted by Gasteiger charge is -2.05. The predicted molar refractivity (Wildman–Crippen MR) is 74.6 cm³/mol. The summed E-state index contributed by atoms with van der Waals surface area (Å²) in [5.41, 5.74) is -0.0625. The van der Waals surface area contributed by atoms with Gasteiger partial charge < -0.3 is 5.32 Å². The standard InChI is InChI=1S/C12H13ClN2O3S/c13-9-3-4-11(10(5-9)15(17)18)19-7-12(16)14-6-8-1-2-8/h3-5,8H,1-2,6-7H2,(H,14,16). The van der Waals surface area contributed by atoms with Crippen molar-refractivity contribution in [1.29, 1.82) is 0 Å². The summed E-state index contributed by atoms with van der Waals surface area (Å²) >= 11 is 6.87. The highest BCUT2D eigenvalue weighted by Crippen LogP contribution is 2.31. The smallest absolute Gasteiger partial charge is 0.284 e. The highest BCUT2D eigenvalue weighted by Gasteiger charge is 2.22. The van der Waals surface area contributed by atoms with Gasteiger partial charge in [-0.3, -0.25) is 14.9 Å². The summed E-state index contributed by atoms with van der Waals surface area (Å²) in [7, 11) is 0. The number of hydrogen-bond acceptors (Lipinski definition) is 4. The first-order valence-electron chi connectivity index (χ1n) is 5.89. The van der Waals surface area contributed by atoms with Crippen LogP contribution < -0.4 is 5.32 Å². The first kappa shape index (κ1) is 14.1. The van der Waals surface area contributed by atoms with Crippen molar-refractivity contribution in [2.45, 2.75) is 17.7 Å². The second kappa shape index (κ2) is 6.25. The van der Waals surface area contributed by atoms with E-state index in [-0.39, 0.29) is 17.3 Å². The molecule has 0 aliphatic heterocycles. The lowest BCUT2D eigenvalue weighted by Crippen LogP contribution is -2.27. The molecule has 1 amide bonds. The Kier molecular flexibility index (Phi) is 4.66. The fraction of sp³-hybridized carbons (Fsp3) is 0.417. The predicted octanol–water partition coefficient (Wildman–Crippen LogP) is 2.87. The maximum atomic E-state index is 11.6. The van der Waals surface area contributed by atoms with Gasteiger partial charge in [-0.1, -0.05) is 11.6 Å². The van der Waals surface area contributed by atoms with E-state index in [0.29, 0.717) is 22.4 Å². The normalized spacial score (nSPS) is 14.2. The minimum Gasteiger partial charge on any atom is -0.355 e. The number of nitro groups is 1. The van der Waals surface area contributed by atoms with E-state index >= 15 is 0 Å². The zero-order chi connectivity index (χ0) is 13.8. The molecule has 1 saturated carbocycles. The van der Waals surface area contributed by atoms with E-state index in [0.717, 1.165) is 11.8 Å². The summed E-state index contributed by atoms with van der Waals surface area (Å²) < 4.78 is 0. The molecular weight excluding hydrogens is 288 g/mol. The van der Waals surface area contributed by atoms with Crippen LogP contribution in [-0.2, 0) is 4.79 Å². The number of carbonyl (C=O) groups is 1. The summed E-state index contributed by atoms with van der Waals surface area (Å²) in [6.45, 7) is 0.710. The van der Waals surface area contributed by atoms with E-state index in [1.165, 1.54) is 18.9 Å². The largest absolute Gasteiger partial charge is 0.355 e. The molecule has 2 rings (SSSR count). The highest BCUT2D eigenvalue weighted by molar-refractivity contribution is 8.00. The topological polar surface area (TPSA) is 72.2 Å². The zero-order valence-corrected chi connectivity index (χ0v) is 11.7. The molecule has 0 atom stereocenters. The molecule has 19 heavy (non-hydrogen) atoms. The van der Waals surface area contributed by atoms with Gasteiger partial charge in [-0.05, 0) is 30.9 Å². The van der Waals surface area contributed by atoms with E-state index in [4.69, 9.17) is 11.6 Å². The molecule has 1 aliphatic carbocycles. The average Bonchev–Trinajstić information content (AvgIpc) is 3.18. The van der Waals surface area contributed by atoms with Crippen LogP contribution in [0.3, 0.4) is 0 Å². The molecule has 0 aromatic heterocycles. The second-order valence-corrected chi connectivity index (χ2v) is 5.86. The van der Waals surface area contributed by atoms with Crippen LogP contribution in [0.1, 0.15) is 12.8 Å². The van der Waals surface area contributed by atoms with E-state index in [9.17, 15) is 14.9 Å². The molecule has 0 saturated heterocycles.